The summed E-state index contributed by atoms with van der Waals surface area (Å²) in [5, 5.41) is 0. The molecule has 0 N–H and O–H groups in total. The van der Waals surface area contributed by atoms with Crippen LogP contribution in [0.4, 0.5) is 0 Å². The first kappa shape index (κ1) is 72.0. The quantitative estimate of drug-likeness (QED) is 0.0261. The molecule has 1 atom stereocenters. The molecular formula is C71H112O6. The molecule has 0 aliphatic carbocycles. The Bertz CT molecular complexity index is 1740. The largest absolute Gasteiger partial charge is 0.462 e. The van der Waals surface area contributed by atoms with E-state index in [1.165, 1.54) is 83.5 Å². The normalized spacial score (nSPS) is 13.2. The molecule has 6 heteroatoms. The summed E-state index contributed by atoms with van der Waals surface area (Å²) in [5.74, 6) is -1.03. The van der Waals surface area contributed by atoms with E-state index >= 15 is 0 Å². The molecule has 0 rings (SSSR count). The Morgan fingerprint density at radius 3 is 0.870 bits per heavy atom. The molecule has 0 heterocycles. The van der Waals surface area contributed by atoms with Crippen LogP contribution >= 0.6 is 0 Å². The molecular weight excluding hydrogens is 949 g/mol. The van der Waals surface area contributed by atoms with Gasteiger partial charge in [-0.25, -0.2) is 0 Å². The fraction of sp³-hybridized carbons (Fsp3) is 0.592. The minimum absolute atomic E-state index is 0.127. The maximum atomic E-state index is 12.9. The summed E-state index contributed by atoms with van der Waals surface area (Å²) >= 11 is 0. The van der Waals surface area contributed by atoms with Crippen molar-refractivity contribution in [2.24, 2.45) is 0 Å². The summed E-state index contributed by atoms with van der Waals surface area (Å²) in [6, 6.07) is 0. The van der Waals surface area contributed by atoms with E-state index < -0.39 is 6.10 Å². The second-order valence-electron chi connectivity index (χ2n) is 19.8. The van der Waals surface area contributed by atoms with Crippen molar-refractivity contribution >= 4 is 17.9 Å². The minimum atomic E-state index is -0.831. The highest BCUT2D eigenvalue weighted by molar-refractivity contribution is 5.71. The monoisotopic (exact) mass is 1060 g/mol. The fourth-order valence-corrected chi connectivity index (χ4v) is 7.92. The van der Waals surface area contributed by atoms with Crippen molar-refractivity contribution in [1.82, 2.24) is 0 Å². The van der Waals surface area contributed by atoms with Crippen molar-refractivity contribution < 1.29 is 28.6 Å². The van der Waals surface area contributed by atoms with E-state index in [9.17, 15) is 14.4 Å². The van der Waals surface area contributed by atoms with Crippen molar-refractivity contribution in [3.8, 4) is 0 Å². The molecule has 0 aromatic carbocycles. The summed E-state index contributed by atoms with van der Waals surface area (Å²) in [6.45, 7) is 6.31. The van der Waals surface area contributed by atoms with Gasteiger partial charge in [0.25, 0.3) is 0 Å². The molecule has 0 amide bonds. The van der Waals surface area contributed by atoms with E-state index in [2.05, 4.69) is 179 Å². The van der Waals surface area contributed by atoms with Crippen LogP contribution in [0.1, 0.15) is 252 Å². The second-order valence-corrected chi connectivity index (χ2v) is 19.8. The first-order valence-electron chi connectivity index (χ1n) is 31.0. The number of esters is 3. The van der Waals surface area contributed by atoms with Gasteiger partial charge in [0.05, 0.1) is 0 Å². The molecule has 432 valence electrons. The predicted octanol–water partition coefficient (Wildman–Crippen LogP) is 21.3. The summed E-state index contributed by atoms with van der Waals surface area (Å²) in [4.78, 5) is 38.3. The van der Waals surface area contributed by atoms with Crippen LogP contribution in [0.5, 0.6) is 0 Å². The van der Waals surface area contributed by atoms with Crippen LogP contribution in [0.25, 0.3) is 0 Å². The third-order valence-corrected chi connectivity index (χ3v) is 12.5. The number of hydrogen-bond donors (Lipinski definition) is 0. The lowest BCUT2D eigenvalue weighted by Crippen LogP contribution is -2.30. The van der Waals surface area contributed by atoms with E-state index in [0.29, 0.717) is 19.3 Å². The predicted molar refractivity (Wildman–Crippen MR) is 334 cm³/mol. The molecule has 0 aliphatic rings. The average Bonchev–Trinajstić information content (AvgIpc) is 3.43. The van der Waals surface area contributed by atoms with Gasteiger partial charge in [0.2, 0.25) is 0 Å². The zero-order chi connectivity index (χ0) is 55.7. The Labute approximate surface area is 473 Å². The second kappa shape index (κ2) is 63.6. The summed E-state index contributed by atoms with van der Waals surface area (Å²) in [6.07, 6.45) is 92.5. The van der Waals surface area contributed by atoms with Crippen LogP contribution in [-0.4, -0.2) is 37.2 Å². The summed E-state index contributed by atoms with van der Waals surface area (Å²) in [7, 11) is 0. The van der Waals surface area contributed by atoms with Gasteiger partial charge in [0.1, 0.15) is 13.2 Å². The molecule has 0 aromatic rings. The molecule has 0 saturated heterocycles. The molecule has 0 radical (unpaired) electrons. The third kappa shape index (κ3) is 61.8. The number of allylic oxidation sites excluding steroid dienone is 26. The molecule has 77 heavy (non-hydrogen) atoms. The molecule has 0 bridgehead atoms. The standard InChI is InChI=1S/C71H112O6/c1-4-7-10-13-16-19-22-25-28-31-33-35-37-40-43-46-49-52-55-58-61-64-70(73)76-67-68(66-75-69(72)63-60-57-54-51-48-45-42-39-30-27-24-21-18-15-12-9-6-3)77-71(74)65-62-59-56-53-50-47-44-41-38-36-34-32-29-26-23-20-17-14-11-8-5-2/h7,9-10,12,16,18-19,21,23,25-28,30,32-35,40,42-43,45,49,51-52,54,68H,4-6,8,11,13-15,17,20,22,24,29,31,36-39,41,44,46-48,50,53,55-67H2,1-3H3/b10-7-,12-9-,19-16-,21-18-,26-23-,28-25-,30-27-,34-32-,35-33-,43-40-,45-42-,52-49-,54-51-. The lowest BCUT2D eigenvalue weighted by molar-refractivity contribution is -0.167. The highest BCUT2D eigenvalue weighted by Gasteiger charge is 2.19. The SMILES string of the molecule is CC/C=C\C/C=C\C/C=C\C/C=C\C/C=C\C/C=C\CCCCC(=O)OCC(COC(=O)CCC/C=C\C/C=C\C/C=C\C/C=C\C/C=C\CC)OC(=O)CCCCCCCCCCC/C=C\C/C=C\CCCCCCC. The number of ether oxygens (including phenoxy) is 3. The average molecular weight is 1060 g/mol. The van der Waals surface area contributed by atoms with Crippen molar-refractivity contribution in [3.05, 3.63) is 158 Å². The molecule has 0 aliphatic heterocycles. The van der Waals surface area contributed by atoms with Gasteiger partial charge in [-0.05, 0) is 141 Å². The number of rotatable bonds is 54. The molecule has 6 nitrogen and oxygen atoms in total. The first-order chi connectivity index (χ1) is 38.0. The lowest BCUT2D eigenvalue weighted by Gasteiger charge is -2.18. The van der Waals surface area contributed by atoms with E-state index in [0.717, 1.165) is 116 Å². The van der Waals surface area contributed by atoms with E-state index in [1.54, 1.807) is 0 Å². The number of carbonyl (C=O) groups excluding carboxylic acids is 3. The van der Waals surface area contributed by atoms with E-state index in [4.69, 9.17) is 14.2 Å². The molecule has 1 unspecified atom stereocenters. The molecule has 0 spiro atoms. The van der Waals surface area contributed by atoms with Gasteiger partial charge in [-0.2, -0.15) is 0 Å². The zero-order valence-corrected chi connectivity index (χ0v) is 49.4. The van der Waals surface area contributed by atoms with Gasteiger partial charge in [0, 0.05) is 19.3 Å². The number of carbonyl (C=O) groups is 3. The Balaban J connectivity index is 4.57. The van der Waals surface area contributed by atoms with Crippen molar-refractivity contribution in [2.45, 2.75) is 258 Å². The molecule has 0 saturated carbocycles. The van der Waals surface area contributed by atoms with Crippen LogP contribution in [0, 0.1) is 0 Å². The first-order valence-corrected chi connectivity index (χ1v) is 31.0. The van der Waals surface area contributed by atoms with Crippen molar-refractivity contribution in [1.29, 1.82) is 0 Å². The Morgan fingerprint density at radius 2 is 0.519 bits per heavy atom. The van der Waals surface area contributed by atoms with Crippen molar-refractivity contribution in [2.75, 3.05) is 13.2 Å². The molecule has 0 aromatic heterocycles. The Hall–Kier alpha value is -4.97. The highest BCUT2D eigenvalue weighted by atomic mass is 16.6. The van der Waals surface area contributed by atoms with Crippen LogP contribution in [0.3, 0.4) is 0 Å². The zero-order valence-electron chi connectivity index (χ0n) is 49.4. The number of unbranched alkanes of at least 4 members (excludes halogenated alkanes) is 17. The van der Waals surface area contributed by atoms with Gasteiger partial charge < -0.3 is 14.2 Å². The van der Waals surface area contributed by atoms with Crippen LogP contribution in [0.15, 0.2) is 158 Å². The maximum absolute atomic E-state index is 12.9. The topological polar surface area (TPSA) is 78.9 Å². The minimum Gasteiger partial charge on any atom is -0.462 e. The summed E-state index contributed by atoms with van der Waals surface area (Å²) in [5.41, 5.74) is 0. The van der Waals surface area contributed by atoms with Gasteiger partial charge in [-0.1, -0.05) is 249 Å². The smallest absolute Gasteiger partial charge is 0.306 e. The van der Waals surface area contributed by atoms with Crippen LogP contribution in [0.2, 0.25) is 0 Å². The van der Waals surface area contributed by atoms with E-state index in [-0.39, 0.29) is 44.0 Å². The maximum Gasteiger partial charge on any atom is 0.306 e. The van der Waals surface area contributed by atoms with E-state index in [1.807, 2.05) is 0 Å². The van der Waals surface area contributed by atoms with Gasteiger partial charge in [-0.15, -0.1) is 0 Å². The Kier molecular flexibility index (Phi) is 59.5. The van der Waals surface area contributed by atoms with Gasteiger partial charge in [-0.3, -0.25) is 14.4 Å². The molecule has 0 fully saturated rings. The van der Waals surface area contributed by atoms with Crippen LogP contribution in [-0.2, 0) is 28.6 Å². The Morgan fingerprint density at radius 1 is 0.273 bits per heavy atom. The van der Waals surface area contributed by atoms with Gasteiger partial charge >= 0.3 is 17.9 Å². The van der Waals surface area contributed by atoms with Crippen molar-refractivity contribution in [3.63, 3.8) is 0 Å². The van der Waals surface area contributed by atoms with Gasteiger partial charge in [0.15, 0.2) is 6.10 Å². The highest BCUT2D eigenvalue weighted by Crippen LogP contribution is 2.14. The number of hydrogen-bond acceptors (Lipinski definition) is 6. The third-order valence-electron chi connectivity index (χ3n) is 12.5. The summed E-state index contributed by atoms with van der Waals surface area (Å²) < 4.78 is 16.8. The lowest BCUT2D eigenvalue weighted by atomic mass is 10.1. The van der Waals surface area contributed by atoms with Crippen LogP contribution < -0.4 is 0 Å². The fourth-order valence-electron chi connectivity index (χ4n) is 7.92.